The molecule has 15 heavy (non-hydrogen) atoms. The number of anilines is 2. The van der Waals surface area contributed by atoms with E-state index in [4.69, 9.17) is 17.3 Å². The van der Waals surface area contributed by atoms with Gasteiger partial charge in [-0.3, -0.25) is 0 Å². The minimum Gasteiger partial charge on any atom is -0.391 e. The standard InChI is InChI=1S/C9H15ClN4O/c1-2-3-6(15)4-12-9-7(10)8(11)13-5-14-9/h5-6,15H,2-4H2,1H3,(H3,11,12,13,14). The van der Waals surface area contributed by atoms with Crippen LogP contribution in [0.2, 0.25) is 5.02 Å². The summed E-state index contributed by atoms with van der Waals surface area (Å²) in [6.07, 6.45) is 2.60. The molecule has 4 N–H and O–H groups in total. The predicted octanol–water partition coefficient (Wildman–Crippen LogP) is 1.29. The van der Waals surface area contributed by atoms with Crippen molar-refractivity contribution >= 4 is 23.2 Å². The maximum atomic E-state index is 9.49. The molecule has 6 heteroatoms. The van der Waals surface area contributed by atoms with E-state index in [1.165, 1.54) is 6.33 Å². The first kappa shape index (κ1) is 12.0. The Morgan fingerprint density at radius 2 is 2.33 bits per heavy atom. The average Bonchev–Trinajstić information content (AvgIpc) is 2.21. The number of aliphatic hydroxyl groups excluding tert-OH is 1. The molecule has 1 aromatic heterocycles. The Kier molecular flexibility index (Phi) is 4.58. The zero-order valence-corrected chi connectivity index (χ0v) is 9.33. The van der Waals surface area contributed by atoms with Crippen LogP contribution in [0.5, 0.6) is 0 Å². The third kappa shape index (κ3) is 3.53. The van der Waals surface area contributed by atoms with Crippen molar-refractivity contribution < 1.29 is 5.11 Å². The second kappa shape index (κ2) is 5.72. The summed E-state index contributed by atoms with van der Waals surface area (Å²) < 4.78 is 0. The molecule has 0 aliphatic rings. The molecule has 1 aromatic rings. The lowest BCUT2D eigenvalue weighted by Crippen LogP contribution is -2.20. The Balaban J connectivity index is 2.54. The average molecular weight is 231 g/mol. The fraction of sp³-hybridized carbons (Fsp3) is 0.556. The number of nitrogens with one attached hydrogen (secondary N) is 1. The highest BCUT2D eigenvalue weighted by Gasteiger charge is 2.08. The lowest BCUT2D eigenvalue weighted by molar-refractivity contribution is 0.176. The Morgan fingerprint density at radius 3 is 3.00 bits per heavy atom. The van der Waals surface area contributed by atoms with Gasteiger partial charge in [0.15, 0.2) is 5.82 Å². The Hall–Kier alpha value is -1.07. The van der Waals surface area contributed by atoms with Crippen molar-refractivity contribution in [2.45, 2.75) is 25.9 Å². The Morgan fingerprint density at radius 1 is 1.60 bits per heavy atom. The van der Waals surface area contributed by atoms with Gasteiger partial charge in [0, 0.05) is 6.54 Å². The molecule has 0 fully saturated rings. The number of nitrogens with two attached hydrogens (primary N) is 1. The molecule has 0 radical (unpaired) electrons. The molecule has 1 heterocycles. The van der Waals surface area contributed by atoms with E-state index in [0.717, 1.165) is 12.8 Å². The van der Waals surface area contributed by atoms with Gasteiger partial charge < -0.3 is 16.2 Å². The quantitative estimate of drug-likeness (QED) is 0.710. The van der Waals surface area contributed by atoms with Crippen molar-refractivity contribution in [2.24, 2.45) is 0 Å². The van der Waals surface area contributed by atoms with E-state index in [0.29, 0.717) is 17.4 Å². The van der Waals surface area contributed by atoms with Crippen molar-refractivity contribution in [3.8, 4) is 0 Å². The topological polar surface area (TPSA) is 84.1 Å². The van der Waals surface area contributed by atoms with Crippen LogP contribution in [0.3, 0.4) is 0 Å². The van der Waals surface area contributed by atoms with Gasteiger partial charge in [-0.15, -0.1) is 0 Å². The van der Waals surface area contributed by atoms with E-state index in [9.17, 15) is 5.11 Å². The third-order valence-electron chi connectivity index (χ3n) is 1.94. The number of rotatable bonds is 5. The van der Waals surface area contributed by atoms with Crippen molar-refractivity contribution in [3.05, 3.63) is 11.3 Å². The van der Waals surface area contributed by atoms with Gasteiger partial charge in [-0.1, -0.05) is 24.9 Å². The first-order valence-electron chi connectivity index (χ1n) is 4.83. The molecule has 0 aliphatic carbocycles. The fourth-order valence-electron chi connectivity index (χ4n) is 1.16. The largest absolute Gasteiger partial charge is 0.391 e. The normalized spacial score (nSPS) is 12.5. The maximum Gasteiger partial charge on any atom is 0.150 e. The number of halogens is 1. The van der Waals surface area contributed by atoms with Crippen molar-refractivity contribution in [1.82, 2.24) is 9.97 Å². The van der Waals surface area contributed by atoms with Crippen LogP contribution >= 0.6 is 11.6 Å². The molecular formula is C9H15ClN4O. The number of aliphatic hydroxyl groups is 1. The zero-order chi connectivity index (χ0) is 11.3. The second-order valence-corrected chi connectivity index (χ2v) is 3.62. The summed E-state index contributed by atoms with van der Waals surface area (Å²) in [5.41, 5.74) is 5.50. The summed E-state index contributed by atoms with van der Waals surface area (Å²) in [6.45, 7) is 2.42. The molecule has 0 aliphatic heterocycles. The van der Waals surface area contributed by atoms with Gasteiger partial charge >= 0.3 is 0 Å². The van der Waals surface area contributed by atoms with Crippen LogP contribution in [-0.4, -0.2) is 27.7 Å². The van der Waals surface area contributed by atoms with E-state index >= 15 is 0 Å². The van der Waals surface area contributed by atoms with Crippen LogP contribution in [0.25, 0.3) is 0 Å². The molecule has 84 valence electrons. The zero-order valence-electron chi connectivity index (χ0n) is 8.57. The highest BCUT2D eigenvalue weighted by molar-refractivity contribution is 6.35. The number of nitrogens with zero attached hydrogens (tertiary/aromatic N) is 2. The number of hydrogen-bond donors (Lipinski definition) is 3. The van der Waals surface area contributed by atoms with Gasteiger partial charge in [-0.2, -0.15) is 0 Å². The second-order valence-electron chi connectivity index (χ2n) is 3.24. The fourth-order valence-corrected chi connectivity index (χ4v) is 1.32. The van der Waals surface area contributed by atoms with Crippen LogP contribution < -0.4 is 11.1 Å². The molecule has 0 saturated heterocycles. The Bertz CT molecular complexity index is 321. The van der Waals surface area contributed by atoms with Crippen LogP contribution in [0.4, 0.5) is 11.6 Å². The highest BCUT2D eigenvalue weighted by atomic mass is 35.5. The third-order valence-corrected chi connectivity index (χ3v) is 2.32. The van der Waals surface area contributed by atoms with Crippen LogP contribution in [0.15, 0.2) is 6.33 Å². The molecular weight excluding hydrogens is 216 g/mol. The predicted molar refractivity (Wildman–Crippen MR) is 60.9 cm³/mol. The lowest BCUT2D eigenvalue weighted by atomic mass is 10.2. The minimum atomic E-state index is -0.401. The van der Waals surface area contributed by atoms with Crippen LogP contribution in [0, 0.1) is 0 Å². The Labute approximate surface area is 93.7 Å². The van der Waals surface area contributed by atoms with E-state index in [-0.39, 0.29) is 5.82 Å². The van der Waals surface area contributed by atoms with Gasteiger partial charge in [-0.05, 0) is 6.42 Å². The summed E-state index contributed by atoms with van der Waals surface area (Å²) in [6, 6.07) is 0. The number of aromatic nitrogens is 2. The molecule has 1 unspecified atom stereocenters. The van der Waals surface area contributed by atoms with Crippen LogP contribution in [0.1, 0.15) is 19.8 Å². The van der Waals surface area contributed by atoms with Gasteiger partial charge in [0.2, 0.25) is 0 Å². The number of nitrogen functional groups attached to an aromatic ring is 1. The van der Waals surface area contributed by atoms with Gasteiger partial charge in [0.05, 0.1) is 6.10 Å². The summed E-state index contributed by atoms with van der Waals surface area (Å²) in [5, 5.41) is 12.7. The summed E-state index contributed by atoms with van der Waals surface area (Å²) in [5.74, 6) is 0.693. The molecule has 0 spiro atoms. The molecule has 5 nitrogen and oxygen atoms in total. The molecule has 0 saturated carbocycles. The van der Waals surface area contributed by atoms with E-state index in [2.05, 4.69) is 15.3 Å². The SMILES string of the molecule is CCCC(O)CNc1ncnc(N)c1Cl. The van der Waals surface area contributed by atoms with E-state index < -0.39 is 6.10 Å². The van der Waals surface area contributed by atoms with Gasteiger partial charge in [0.1, 0.15) is 17.2 Å². The number of hydrogen-bond acceptors (Lipinski definition) is 5. The van der Waals surface area contributed by atoms with Crippen LogP contribution in [-0.2, 0) is 0 Å². The molecule has 1 rings (SSSR count). The smallest absolute Gasteiger partial charge is 0.150 e. The van der Waals surface area contributed by atoms with E-state index in [1.807, 2.05) is 6.92 Å². The monoisotopic (exact) mass is 230 g/mol. The van der Waals surface area contributed by atoms with Gasteiger partial charge in [-0.25, -0.2) is 9.97 Å². The summed E-state index contributed by atoms with van der Waals surface area (Å²) >= 11 is 5.86. The van der Waals surface area contributed by atoms with Crippen molar-refractivity contribution in [1.29, 1.82) is 0 Å². The van der Waals surface area contributed by atoms with Gasteiger partial charge in [0.25, 0.3) is 0 Å². The molecule has 0 aromatic carbocycles. The first-order chi connectivity index (χ1) is 7.15. The van der Waals surface area contributed by atoms with Crippen molar-refractivity contribution in [2.75, 3.05) is 17.6 Å². The molecule has 1 atom stereocenters. The maximum absolute atomic E-state index is 9.49. The van der Waals surface area contributed by atoms with E-state index in [1.54, 1.807) is 0 Å². The molecule has 0 bridgehead atoms. The van der Waals surface area contributed by atoms with Crippen molar-refractivity contribution in [3.63, 3.8) is 0 Å². The summed E-state index contributed by atoms with van der Waals surface area (Å²) in [7, 11) is 0. The lowest BCUT2D eigenvalue weighted by Gasteiger charge is -2.12. The minimum absolute atomic E-state index is 0.235. The highest BCUT2D eigenvalue weighted by Crippen LogP contribution is 2.22. The first-order valence-corrected chi connectivity index (χ1v) is 5.20. The molecule has 0 amide bonds. The summed E-state index contributed by atoms with van der Waals surface area (Å²) in [4.78, 5) is 7.66.